The Balaban J connectivity index is 2.13. The molecule has 0 saturated carbocycles. The van der Waals surface area contributed by atoms with Crippen LogP contribution in [0.25, 0.3) is 0 Å². The average molecular weight is 328 g/mol. The molecule has 0 aliphatic heterocycles. The van der Waals surface area contributed by atoms with E-state index in [1.54, 1.807) is 25.2 Å². The van der Waals surface area contributed by atoms with Crippen molar-refractivity contribution in [1.82, 2.24) is 15.0 Å². The lowest BCUT2D eigenvalue weighted by atomic mass is 10.2. The van der Waals surface area contributed by atoms with Gasteiger partial charge in [-0.25, -0.2) is 0 Å². The number of carbonyl (C=O) groups excluding carboxylic acids is 1. The highest BCUT2D eigenvalue weighted by atomic mass is 35.5. The van der Waals surface area contributed by atoms with Crippen molar-refractivity contribution in [2.45, 2.75) is 26.3 Å². The number of hydrogen-bond donors (Lipinski definition) is 0. The summed E-state index contributed by atoms with van der Waals surface area (Å²) in [5.41, 5.74) is 0.347. The van der Waals surface area contributed by atoms with Crippen molar-refractivity contribution < 1.29 is 9.32 Å². The van der Waals surface area contributed by atoms with Crippen LogP contribution < -0.4 is 0 Å². The summed E-state index contributed by atoms with van der Waals surface area (Å²) >= 11 is 12.0. The largest absolute Gasteiger partial charge is 0.339 e. The van der Waals surface area contributed by atoms with Crippen LogP contribution in [0.4, 0.5) is 0 Å². The maximum Gasteiger partial charge on any atom is 0.255 e. The monoisotopic (exact) mass is 327 g/mol. The van der Waals surface area contributed by atoms with E-state index >= 15 is 0 Å². The minimum atomic E-state index is -0.251. The molecule has 7 heteroatoms. The van der Waals surface area contributed by atoms with Gasteiger partial charge in [-0.1, -0.05) is 48.3 Å². The van der Waals surface area contributed by atoms with Crippen molar-refractivity contribution in [2.75, 3.05) is 7.05 Å². The van der Waals surface area contributed by atoms with Crippen molar-refractivity contribution in [2.24, 2.45) is 0 Å². The zero-order chi connectivity index (χ0) is 15.6. The molecule has 1 heterocycles. The Bertz CT molecular complexity index is 655. The predicted octanol–water partition coefficient (Wildman–Crippen LogP) is 3.77. The molecular formula is C14H15Cl2N3O2. The predicted molar refractivity (Wildman–Crippen MR) is 80.6 cm³/mol. The summed E-state index contributed by atoms with van der Waals surface area (Å²) in [5, 5.41) is 4.44. The quantitative estimate of drug-likeness (QED) is 0.857. The molecule has 0 unspecified atom stereocenters. The third-order valence-corrected chi connectivity index (χ3v) is 3.70. The van der Waals surface area contributed by atoms with Crippen LogP contribution in [0.15, 0.2) is 22.7 Å². The molecule has 0 saturated heterocycles. The standard InChI is InChI=1S/C14H15Cl2N3O2/c1-8(2)13-17-11(18-21-13)7-19(3)14(20)9-5-4-6-10(15)12(9)16/h4-6,8H,7H2,1-3H3. The van der Waals surface area contributed by atoms with E-state index < -0.39 is 0 Å². The van der Waals surface area contributed by atoms with E-state index in [9.17, 15) is 4.79 Å². The molecule has 1 amide bonds. The highest BCUT2D eigenvalue weighted by molar-refractivity contribution is 6.43. The van der Waals surface area contributed by atoms with E-state index in [2.05, 4.69) is 10.1 Å². The third kappa shape index (κ3) is 3.54. The Morgan fingerprint density at radius 2 is 2.10 bits per heavy atom. The van der Waals surface area contributed by atoms with Crippen LogP contribution in [0.5, 0.6) is 0 Å². The summed E-state index contributed by atoms with van der Waals surface area (Å²) in [6.45, 7) is 4.15. The van der Waals surface area contributed by atoms with Gasteiger partial charge in [0, 0.05) is 13.0 Å². The molecule has 0 fully saturated rings. The number of rotatable bonds is 4. The lowest BCUT2D eigenvalue weighted by Crippen LogP contribution is -2.27. The van der Waals surface area contributed by atoms with E-state index in [0.29, 0.717) is 22.3 Å². The number of halogens is 2. The molecule has 5 nitrogen and oxygen atoms in total. The van der Waals surface area contributed by atoms with Gasteiger partial charge in [-0.2, -0.15) is 4.98 Å². The lowest BCUT2D eigenvalue weighted by molar-refractivity contribution is 0.0781. The molecule has 0 radical (unpaired) electrons. The molecule has 0 bridgehead atoms. The first kappa shape index (κ1) is 15.8. The fourth-order valence-corrected chi connectivity index (χ4v) is 2.11. The Labute approximate surface area is 132 Å². The molecule has 0 atom stereocenters. The van der Waals surface area contributed by atoms with E-state index in [0.717, 1.165) is 0 Å². The van der Waals surface area contributed by atoms with E-state index in [-0.39, 0.29) is 23.4 Å². The van der Waals surface area contributed by atoms with E-state index in [4.69, 9.17) is 27.7 Å². The molecule has 1 aromatic carbocycles. The second-order valence-corrected chi connectivity index (χ2v) is 5.75. The van der Waals surface area contributed by atoms with Crippen LogP contribution in [0, 0.1) is 0 Å². The summed E-state index contributed by atoms with van der Waals surface area (Å²) in [6.07, 6.45) is 0. The van der Waals surface area contributed by atoms with Gasteiger partial charge < -0.3 is 9.42 Å². The maximum absolute atomic E-state index is 12.4. The van der Waals surface area contributed by atoms with Gasteiger partial charge in [-0.15, -0.1) is 0 Å². The summed E-state index contributed by atoms with van der Waals surface area (Å²) in [4.78, 5) is 18.1. The summed E-state index contributed by atoms with van der Waals surface area (Å²) < 4.78 is 5.11. The summed E-state index contributed by atoms with van der Waals surface area (Å²) in [5.74, 6) is 0.896. The van der Waals surface area contributed by atoms with Crippen LogP contribution in [-0.2, 0) is 6.54 Å². The number of nitrogens with zero attached hydrogens (tertiary/aromatic N) is 3. The second kappa shape index (κ2) is 6.45. The molecule has 0 N–H and O–H groups in total. The van der Waals surface area contributed by atoms with Gasteiger partial charge in [0.1, 0.15) is 0 Å². The first-order valence-electron chi connectivity index (χ1n) is 6.42. The van der Waals surface area contributed by atoms with Gasteiger partial charge in [0.15, 0.2) is 5.82 Å². The average Bonchev–Trinajstić information content (AvgIpc) is 2.90. The fourth-order valence-electron chi connectivity index (χ4n) is 1.72. The first-order chi connectivity index (χ1) is 9.90. The first-order valence-corrected chi connectivity index (χ1v) is 7.17. The van der Waals surface area contributed by atoms with Crippen molar-refractivity contribution >= 4 is 29.1 Å². The van der Waals surface area contributed by atoms with Crippen LogP contribution >= 0.6 is 23.2 Å². The zero-order valence-corrected chi connectivity index (χ0v) is 13.4. The Hall–Kier alpha value is -1.59. The van der Waals surface area contributed by atoms with Gasteiger partial charge >= 0.3 is 0 Å². The van der Waals surface area contributed by atoms with Crippen molar-refractivity contribution in [3.05, 3.63) is 45.5 Å². The normalized spacial score (nSPS) is 11.0. The third-order valence-electron chi connectivity index (χ3n) is 2.88. The van der Waals surface area contributed by atoms with Gasteiger partial charge in [-0.3, -0.25) is 4.79 Å². The SMILES string of the molecule is CC(C)c1nc(CN(C)C(=O)c2cccc(Cl)c2Cl)no1. The highest BCUT2D eigenvalue weighted by Crippen LogP contribution is 2.26. The maximum atomic E-state index is 12.4. The van der Waals surface area contributed by atoms with Gasteiger partial charge in [-0.05, 0) is 12.1 Å². The second-order valence-electron chi connectivity index (χ2n) is 4.97. The van der Waals surface area contributed by atoms with Crippen molar-refractivity contribution in [1.29, 1.82) is 0 Å². The van der Waals surface area contributed by atoms with E-state index in [1.807, 2.05) is 13.8 Å². The molecule has 112 valence electrons. The van der Waals surface area contributed by atoms with Gasteiger partial charge in [0.25, 0.3) is 5.91 Å². The van der Waals surface area contributed by atoms with E-state index in [1.165, 1.54) is 4.90 Å². The molecule has 21 heavy (non-hydrogen) atoms. The number of aromatic nitrogens is 2. The van der Waals surface area contributed by atoms with Crippen molar-refractivity contribution in [3.8, 4) is 0 Å². The van der Waals surface area contributed by atoms with Gasteiger partial charge in [0.05, 0.1) is 22.2 Å². The smallest absolute Gasteiger partial charge is 0.255 e. The Kier molecular flexibility index (Phi) is 4.85. The minimum absolute atomic E-state index is 0.148. The van der Waals surface area contributed by atoms with Crippen molar-refractivity contribution in [3.63, 3.8) is 0 Å². The van der Waals surface area contributed by atoms with Crippen LogP contribution in [0.2, 0.25) is 10.0 Å². The molecule has 0 spiro atoms. The topological polar surface area (TPSA) is 59.2 Å². The van der Waals surface area contributed by atoms with Gasteiger partial charge in [0.2, 0.25) is 5.89 Å². The molecule has 1 aromatic heterocycles. The number of hydrogen-bond acceptors (Lipinski definition) is 4. The molecule has 2 rings (SSSR count). The van der Waals surface area contributed by atoms with Crippen LogP contribution in [0.3, 0.4) is 0 Å². The number of carbonyl (C=O) groups is 1. The number of benzene rings is 1. The Morgan fingerprint density at radius 1 is 1.38 bits per heavy atom. The highest BCUT2D eigenvalue weighted by Gasteiger charge is 2.19. The summed E-state index contributed by atoms with van der Waals surface area (Å²) in [7, 11) is 1.64. The molecule has 0 aliphatic rings. The minimum Gasteiger partial charge on any atom is -0.339 e. The fraction of sp³-hybridized carbons (Fsp3) is 0.357. The van der Waals surface area contributed by atoms with Crippen LogP contribution in [0.1, 0.15) is 41.8 Å². The lowest BCUT2D eigenvalue weighted by Gasteiger charge is -2.16. The number of amides is 1. The van der Waals surface area contributed by atoms with Crippen LogP contribution in [-0.4, -0.2) is 28.0 Å². The zero-order valence-electron chi connectivity index (χ0n) is 11.9. The molecule has 0 aliphatic carbocycles. The summed E-state index contributed by atoms with van der Waals surface area (Å²) in [6, 6.07) is 4.94. The molecular weight excluding hydrogens is 313 g/mol. The Morgan fingerprint density at radius 3 is 2.71 bits per heavy atom. The molecule has 2 aromatic rings.